The van der Waals surface area contributed by atoms with Crippen LogP contribution in [0.4, 0.5) is 0 Å². The van der Waals surface area contributed by atoms with Crippen LogP contribution < -0.4 is 16.0 Å². The van der Waals surface area contributed by atoms with Gasteiger partial charge in [-0.05, 0) is 38.8 Å². The lowest BCUT2D eigenvalue weighted by molar-refractivity contribution is 0.0839. The molecule has 0 aliphatic carbocycles. The number of likely N-dealkylation sites (tertiary alicyclic amines) is 1. The minimum absolute atomic E-state index is 0.328. The van der Waals surface area contributed by atoms with Crippen LogP contribution in [0.3, 0.4) is 0 Å². The third-order valence-corrected chi connectivity index (χ3v) is 4.25. The molecule has 0 saturated carbocycles. The maximum Gasteiger partial charge on any atom is 0.268 e. The number of carbonyl (C=O) groups is 1. The Balaban J connectivity index is 1.93. The number of para-hydroxylation sites is 1. The minimum Gasteiger partial charge on any atom is -0.491 e. The fraction of sp³-hybridized carbons (Fsp3) is 0.562. The number of rotatable bonds is 5. The molecule has 0 spiro atoms. The molecule has 5 heteroatoms. The number of benzene rings is 1. The quantitative estimate of drug-likeness (QED) is 0.494. The standard InChI is InChI=1S/C16H25N3O2/c1-12-6-5-7-13(2)19(12)10-11-21-15-9-4-3-8-14(15)16(20)18-17/h3-4,8-9,12-13H,5-7,10-11,17H2,1-2H3,(H,18,20). The van der Waals surface area contributed by atoms with E-state index in [9.17, 15) is 4.79 Å². The van der Waals surface area contributed by atoms with E-state index in [1.165, 1.54) is 19.3 Å². The second kappa shape index (κ2) is 7.43. The van der Waals surface area contributed by atoms with Crippen LogP contribution in [0.15, 0.2) is 24.3 Å². The van der Waals surface area contributed by atoms with Crippen LogP contribution in [0.25, 0.3) is 0 Å². The van der Waals surface area contributed by atoms with E-state index in [0.717, 1.165) is 6.54 Å². The Bertz CT molecular complexity index is 468. The number of nitrogens with zero attached hydrogens (tertiary/aromatic N) is 1. The van der Waals surface area contributed by atoms with Gasteiger partial charge in [0.1, 0.15) is 12.4 Å². The fourth-order valence-corrected chi connectivity index (χ4v) is 3.03. The Morgan fingerprint density at radius 1 is 1.33 bits per heavy atom. The highest BCUT2D eigenvalue weighted by Crippen LogP contribution is 2.22. The van der Waals surface area contributed by atoms with Crippen molar-refractivity contribution < 1.29 is 9.53 Å². The summed E-state index contributed by atoms with van der Waals surface area (Å²) in [5, 5.41) is 0. The summed E-state index contributed by atoms with van der Waals surface area (Å²) in [6, 6.07) is 8.36. The van der Waals surface area contributed by atoms with Crippen molar-refractivity contribution in [3.05, 3.63) is 29.8 Å². The molecule has 21 heavy (non-hydrogen) atoms. The molecule has 1 heterocycles. The molecule has 1 aliphatic rings. The number of nitrogens with two attached hydrogens (primary N) is 1. The number of piperidine rings is 1. The Labute approximate surface area is 126 Å². The Morgan fingerprint density at radius 3 is 2.67 bits per heavy atom. The van der Waals surface area contributed by atoms with Crippen molar-refractivity contribution in [1.82, 2.24) is 10.3 Å². The van der Waals surface area contributed by atoms with Crippen molar-refractivity contribution in [2.24, 2.45) is 5.84 Å². The van der Waals surface area contributed by atoms with Gasteiger partial charge in [-0.1, -0.05) is 18.6 Å². The average Bonchev–Trinajstić information content (AvgIpc) is 2.50. The highest BCUT2D eigenvalue weighted by Gasteiger charge is 2.24. The predicted molar refractivity (Wildman–Crippen MR) is 83.1 cm³/mol. The van der Waals surface area contributed by atoms with Crippen molar-refractivity contribution in [2.75, 3.05) is 13.2 Å². The Hall–Kier alpha value is -1.59. The number of carbonyl (C=O) groups excluding carboxylic acids is 1. The average molecular weight is 291 g/mol. The van der Waals surface area contributed by atoms with Crippen LogP contribution in [-0.4, -0.2) is 36.0 Å². The molecule has 5 nitrogen and oxygen atoms in total. The summed E-state index contributed by atoms with van der Waals surface area (Å²) >= 11 is 0. The molecule has 0 bridgehead atoms. The van der Waals surface area contributed by atoms with Gasteiger partial charge in [0.15, 0.2) is 0 Å². The number of hydrogen-bond acceptors (Lipinski definition) is 4. The first-order valence-electron chi connectivity index (χ1n) is 7.62. The second-order valence-corrected chi connectivity index (χ2v) is 5.68. The zero-order valence-corrected chi connectivity index (χ0v) is 12.8. The summed E-state index contributed by atoms with van der Waals surface area (Å²) in [5.74, 6) is 5.44. The molecule has 116 valence electrons. The summed E-state index contributed by atoms with van der Waals surface area (Å²) < 4.78 is 5.80. The summed E-state index contributed by atoms with van der Waals surface area (Å²) in [6.45, 7) is 5.99. The number of nitrogens with one attached hydrogen (secondary N) is 1. The first-order valence-corrected chi connectivity index (χ1v) is 7.62. The lowest BCUT2D eigenvalue weighted by Gasteiger charge is -2.38. The number of nitrogen functional groups attached to an aromatic ring is 1. The van der Waals surface area contributed by atoms with E-state index >= 15 is 0 Å². The van der Waals surface area contributed by atoms with Crippen LogP contribution in [0.2, 0.25) is 0 Å². The Kier molecular flexibility index (Phi) is 5.59. The largest absolute Gasteiger partial charge is 0.491 e. The van der Waals surface area contributed by atoms with E-state index in [0.29, 0.717) is 30.0 Å². The molecule has 2 rings (SSSR count). The molecule has 2 atom stereocenters. The molecule has 1 saturated heterocycles. The second-order valence-electron chi connectivity index (χ2n) is 5.68. The van der Waals surface area contributed by atoms with Crippen molar-refractivity contribution in [1.29, 1.82) is 0 Å². The van der Waals surface area contributed by atoms with Crippen LogP contribution >= 0.6 is 0 Å². The molecule has 0 radical (unpaired) electrons. The first kappa shape index (κ1) is 15.8. The topological polar surface area (TPSA) is 67.6 Å². The maximum absolute atomic E-state index is 11.7. The zero-order chi connectivity index (χ0) is 15.2. The van der Waals surface area contributed by atoms with Crippen molar-refractivity contribution in [2.45, 2.75) is 45.2 Å². The number of hydrazine groups is 1. The summed E-state index contributed by atoms with van der Waals surface area (Å²) in [7, 11) is 0. The third kappa shape index (κ3) is 3.95. The highest BCUT2D eigenvalue weighted by molar-refractivity contribution is 5.96. The SMILES string of the molecule is CC1CCCC(C)N1CCOc1ccccc1C(=O)NN. The Morgan fingerprint density at radius 2 is 2.00 bits per heavy atom. The summed E-state index contributed by atoms with van der Waals surface area (Å²) in [5.41, 5.74) is 2.62. The monoisotopic (exact) mass is 291 g/mol. The molecule has 1 aliphatic heterocycles. The predicted octanol–water partition coefficient (Wildman–Crippen LogP) is 1.93. The van der Waals surface area contributed by atoms with Crippen LogP contribution in [-0.2, 0) is 0 Å². The lowest BCUT2D eigenvalue weighted by atomic mass is 9.98. The molecule has 3 N–H and O–H groups in total. The van der Waals surface area contributed by atoms with Gasteiger partial charge in [-0.2, -0.15) is 0 Å². The third-order valence-electron chi connectivity index (χ3n) is 4.25. The molecule has 1 aromatic rings. The normalized spacial score (nSPS) is 22.8. The van der Waals surface area contributed by atoms with Crippen molar-refractivity contribution in [3.63, 3.8) is 0 Å². The van der Waals surface area contributed by atoms with Gasteiger partial charge in [0.25, 0.3) is 5.91 Å². The van der Waals surface area contributed by atoms with Gasteiger partial charge in [-0.15, -0.1) is 0 Å². The number of ether oxygens (including phenoxy) is 1. The highest BCUT2D eigenvalue weighted by atomic mass is 16.5. The van der Waals surface area contributed by atoms with Crippen molar-refractivity contribution in [3.8, 4) is 5.75 Å². The van der Waals surface area contributed by atoms with E-state index in [1.807, 2.05) is 6.07 Å². The van der Waals surface area contributed by atoms with Crippen LogP contribution in [0.5, 0.6) is 5.75 Å². The van der Waals surface area contributed by atoms with E-state index in [1.54, 1.807) is 18.2 Å². The van der Waals surface area contributed by atoms with Gasteiger partial charge in [0.05, 0.1) is 5.56 Å². The van der Waals surface area contributed by atoms with Gasteiger partial charge >= 0.3 is 0 Å². The maximum atomic E-state index is 11.7. The molecule has 2 unspecified atom stereocenters. The summed E-state index contributed by atoms with van der Waals surface area (Å²) in [4.78, 5) is 14.2. The first-order chi connectivity index (χ1) is 10.1. The van der Waals surface area contributed by atoms with E-state index in [4.69, 9.17) is 10.6 Å². The van der Waals surface area contributed by atoms with Gasteiger partial charge in [-0.25, -0.2) is 5.84 Å². The minimum atomic E-state index is -0.328. The van der Waals surface area contributed by atoms with Gasteiger partial charge in [0, 0.05) is 18.6 Å². The van der Waals surface area contributed by atoms with Gasteiger partial charge in [0.2, 0.25) is 0 Å². The molecular weight excluding hydrogens is 266 g/mol. The summed E-state index contributed by atoms with van der Waals surface area (Å²) in [6.07, 6.45) is 3.80. The zero-order valence-electron chi connectivity index (χ0n) is 12.8. The molecule has 1 aromatic carbocycles. The van der Waals surface area contributed by atoms with E-state index in [-0.39, 0.29) is 5.91 Å². The van der Waals surface area contributed by atoms with Gasteiger partial charge in [-0.3, -0.25) is 15.1 Å². The molecule has 1 fully saturated rings. The van der Waals surface area contributed by atoms with Crippen molar-refractivity contribution >= 4 is 5.91 Å². The number of hydrogen-bond donors (Lipinski definition) is 2. The molecule has 1 amide bonds. The smallest absolute Gasteiger partial charge is 0.268 e. The molecular formula is C16H25N3O2. The van der Waals surface area contributed by atoms with Gasteiger partial charge < -0.3 is 4.74 Å². The van der Waals surface area contributed by atoms with Crippen LogP contribution in [0, 0.1) is 0 Å². The van der Waals surface area contributed by atoms with E-state index in [2.05, 4.69) is 24.2 Å². The lowest BCUT2D eigenvalue weighted by Crippen LogP contribution is -2.45. The number of amides is 1. The van der Waals surface area contributed by atoms with E-state index < -0.39 is 0 Å². The fourth-order valence-electron chi connectivity index (χ4n) is 3.03. The van der Waals surface area contributed by atoms with Crippen LogP contribution in [0.1, 0.15) is 43.5 Å². The molecule has 0 aromatic heterocycles.